The topological polar surface area (TPSA) is 38.1 Å². The van der Waals surface area contributed by atoms with Crippen molar-refractivity contribution in [3.05, 3.63) is 52.8 Å². The average Bonchev–Trinajstić information content (AvgIpc) is 2.92. The lowest BCUT2D eigenvalue weighted by atomic mass is 9.86. The van der Waals surface area contributed by atoms with Gasteiger partial charge in [-0.2, -0.15) is 18.3 Å². The van der Waals surface area contributed by atoms with Crippen LogP contribution in [-0.4, -0.2) is 33.7 Å². The van der Waals surface area contributed by atoms with Gasteiger partial charge in [0.15, 0.2) is 0 Å². The molecular weight excluding hydrogens is 331 g/mol. The van der Waals surface area contributed by atoms with E-state index in [1.807, 2.05) is 6.92 Å². The van der Waals surface area contributed by atoms with Gasteiger partial charge in [-0.1, -0.05) is 18.2 Å². The minimum absolute atomic E-state index is 0.120. The second kappa shape index (κ2) is 6.54. The summed E-state index contributed by atoms with van der Waals surface area (Å²) in [5, 5.41) is 4.17. The number of aromatic nitrogens is 2. The Kier molecular flexibility index (Phi) is 4.58. The molecule has 1 amide bonds. The van der Waals surface area contributed by atoms with Gasteiger partial charge in [0.25, 0.3) is 5.91 Å². The van der Waals surface area contributed by atoms with E-state index in [0.717, 1.165) is 11.8 Å². The highest BCUT2D eigenvalue weighted by Gasteiger charge is 2.36. The van der Waals surface area contributed by atoms with Gasteiger partial charge in [-0.25, -0.2) is 0 Å². The van der Waals surface area contributed by atoms with E-state index in [1.54, 1.807) is 34.8 Å². The molecule has 0 bridgehead atoms. The molecule has 0 unspecified atom stereocenters. The highest BCUT2D eigenvalue weighted by molar-refractivity contribution is 5.92. The summed E-state index contributed by atoms with van der Waals surface area (Å²) in [5.41, 5.74) is 1.03. The molecule has 2 heterocycles. The summed E-state index contributed by atoms with van der Waals surface area (Å²) in [5.74, 6) is -0.305. The van der Waals surface area contributed by atoms with Gasteiger partial charge in [-0.05, 0) is 43.4 Å². The van der Waals surface area contributed by atoms with E-state index >= 15 is 0 Å². The smallest absolute Gasteiger partial charge is 0.337 e. The first kappa shape index (κ1) is 17.5. The lowest BCUT2D eigenvalue weighted by Crippen LogP contribution is -2.39. The predicted octanol–water partition coefficient (Wildman–Crippen LogP) is 3.77. The van der Waals surface area contributed by atoms with Crippen LogP contribution >= 0.6 is 0 Å². The summed E-state index contributed by atoms with van der Waals surface area (Å²) in [4.78, 5) is 14.3. The molecule has 0 saturated carbocycles. The van der Waals surface area contributed by atoms with Crippen LogP contribution in [0.2, 0.25) is 0 Å². The van der Waals surface area contributed by atoms with Crippen molar-refractivity contribution < 1.29 is 18.0 Å². The number of aryl methyl sites for hydroxylation is 2. The fraction of sp³-hybridized carbons (Fsp3) is 0.444. The minimum atomic E-state index is -4.35. The molecular formula is C18H20F3N3O. The third-order valence-corrected chi connectivity index (χ3v) is 4.71. The first-order valence-corrected chi connectivity index (χ1v) is 8.23. The average molecular weight is 351 g/mol. The monoisotopic (exact) mass is 351 g/mol. The lowest BCUT2D eigenvalue weighted by Gasteiger charge is -2.33. The number of hydrogen-bond donors (Lipinski definition) is 0. The molecule has 134 valence electrons. The van der Waals surface area contributed by atoms with E-state index in [-0.39, 0.29) is 11.8 Å². The number of benzene rings is 1. The number of likely N-dealkylation sites (tertiary alicyclic amines) is 1. The van der Waals surface area contributed by atoms with E-state index in [0.29, 0.717) is 37.2 Å². The molecule has 7 heteroatoms. The van der Waals surface area contributed by atoms with Gasteiger partial charge < -0.3 is 4.90 Å². The molecule has 1 aliphatic rings. The van der Waals surface area contributed by atoms with Crippen molar-refractivity contribution in [2.45, 2.75) is 31.9 Å². The number of nitrogens with zero attached hydrogens (tertiary/aromatic N) is 3. The van der Waals surface area contributed by atoms with Crippen molar-refractivity contribution >= 4 is 5.91 Å². The van der Waals surface area contributed by atoms with Crippen molar-refractivity contribution in [3.8, 4) is 0 Å². The Bertz CT molecular complexity index is 774. The third kappa shape index (κ3) is 3.55. The van der Waals surface area contributed by atoms with Crippen LogP contribution in [0.4, 0.5) is 13.2 Å². The Hall–Kier alpha value is -2.31. The zero-order chi connectivity index (χ0) is 18.2. The zero-order valence-electron chi connectivity index (χ0n) is 14.2. The fourth-order valence-electron chi connectivity index (χ4n) is 3.48. The number of carbonyl (C=O) groups is 1. The third-order valence-electron chi connectivity index (χ3n) is 4.71. The normalized spacial score (nSPS) is 16.3. The lowest BCUT2D eigenvalue weighted by molar-refractivity contribution is -0.138. The maximum atomic E-state index is 13.2. The van der Waals surface area contributed by atoms with Gasteiger partial charge in [-0.3, -0.25) is 9.48 Å². The van der Waals surface area contributed by atoms with Crippen LogP contribution in [0.15, 0.2) is 30.3 Å². The SMILES string of the molecule is Cc1cc(C(=O)N2CCC(c3ccccc3C(F)(F)F)CC2)n(C)n1. The van der Waals surface area contributed by atoms with Crippen LogP contribution in [0.3, 0.4) is 0 Å². The van der Waals surface area contributed by atoms with Gasteiger partial charge in [0, 0.05) is 20.1 Å². The molecule has 0 atom stereocenters. The van der Waals surface area contributed by atoms with Crippen LogP contribution in [0.25, 0.3) is 0 Å². The quantitative estimate of drug-likeness (QED) is 0.826. The standard InChI is InChI=1S/C18H20F3N3O/c1-12-11-16(23(2)22-12)17(25)24-9-7-13(8-10-24)14-5-3-4-6-15(14)18(19,20)21/h3-6,11,13H,7-10H2,1-2H3. The van der Waals surface area contributed by atoms with Crippen molar-refractivity contribution in [2.75, 3.05) is 13.1 Å². The summed E-state index contributed by atoms with van der Waals surface area (Å²) < 4.78 is 41.2. The van der Waals surface area contributed by atoms with Crippen LogP contribution < -0.4 is 0 Å². The summed E-state index contributed by atoms with van der Waals surface area (Å²) in [6.45, 7) is 2.71. The molecule has 25 heavy (non-hydrogen) atoms. The molecule has 0 radical (unpaired) electrons. The summed E-state index contributed by atoms with van der Waals surface area (Å²) in [6, 6.07) is 7.46. The summed E-state index contributed by atoms with van der Waals surface area (Å²) >= 11 is 0. The van der Waals surface area contributed by atoms with Crippen LogP contribution in [-0.2, 0) is 13.2 Å². The van der Waals surface area contributed by atoms with Crippen LogP contribution in [0.1, 0.15) is 46.1 Å². The second-order valence-electron chi connectivity index (χ2n) is 6.45. The van der Waals surface area contributed by atoms with E-state index in [9.17, 15) is 18.0 Å². The largest absolute Gasteiger partial charge is 0.416 e. The van der Waals surface area contributed by atoms with E-state index in [2.05, 4.69) is 5.10 Å². The van der Waals surface area contributed by atoms with Crippen molar-refractivity contribution in [1.29, 1.82) is 0 Å². The maximum Gasteiger partial charge on any atom is 0.416 e. The molecule has 0 spiro atoms. The van der Waals surface area contributed by atoms with E-state index < -0.39 is 11.7 Å². The Balaban J connectivity index is 1.73. The Morgan fingerprint density at radius 1 is 1.20 bits per heavy atom. The van der Waals surface area contributed by atoms with Crippen molar-refractivity contribution in [1.82, 2.24) is 14.7 Å². The van der Waals surface area contributed by atoms with Gasteiger partial charge in [0.2, 0.25) is 0 Å². The number of amides is 1. The molecule has 0 aliphatic carbocycles. The van der Waals surface area contributed by atoms with E-state index in [4.69, 9.17) is 0 Å². The molecule has 1 aromatic heterocycles. The summed E-state index contributed by atoms with van der Waals surface area (Å²) in [7, 11) is 1.71. The molecule has 3 rings (SSSR count). The van der Waals surface area contributed by atoms with Crippen molar-refractivity contribution in [3.63, 3.8) is 0 Å². The van der Waals surface area contributed by atoms with Gasteiger partial charge in [0.1, 0.15) is 5.69 Å². The highest BCUT2D eigenvalue weighted by Crippen LogP contribution is 2.38. The Labute approximate surface area is 144 Å². The summed E-state index contributed by atoms with van der Waals surface area (Å²) in [6.07, 6.45) is -3.30. The Morgan fingerprint density at radius 2 is 1.84 bits per heavy atom. The second-order valence-corrected chi connectivity index (χ2v) is 6.45. The fourth-order valence-corrected chi connectivity index (χ4v) is 3.48. The van der Waals surface area contributed by atoms with Crippen molar-refractivity contribution in [2.24, 2.45) is 7.05 Å². The van der Waals surface area contributed by atoms with Crippen LogP contribution in [0.5, 0.6) is 0 Å². The molecule has 1 fully saturated rings. The number of halogens is 3. The zero-order valence-corrected chi connectivity index (χ0v) is 14.2. The van der Waals surface area contributed by atoms with Gasteiger partial charge in [-0.15, -0.1) is 0 Å². The van der Waals surface area contributed by atoms with E-state index in [1.165, 1.54) is 6.07 Å². The molecule has 1 aromatic carbocycles. The van der Waals surface area contributed by atoms with Gasteiger partial charge in [0.05, 0.1) is 11.3 Å². The number of carbonyl (C=O) groups excluding carboxylic acids is 1. The Morgan fingerprint density at radius 3 is 2.40 bits per heavy atom. The van der Waals surface area contributed by atoms with Gasteiger partial charge >= 0.3 is 6.18 Å². The number of piperidine rings is 1. The van der Waals surface area contributed by atoms with Crippen LogP contribution in [0, 0.1) is 6.92 Å². The number of alkyl halides is 3. The number of rotatable bonds is 2. The minimum Gasteiger partial charge on any atom is -0.337 e. The molecule has 0 N–H and O–H groups in total. The molecule has 1 aliphatic heterocycles. The highest BCUT2D eigenvalue weighted by atomic mass is 19.4. The number of hydrogen-bond acceptors (Lipinski definition) is 2. The molecule has 1 saturated heterocycles. The first-order chi connectivity index (χ1) is 11.8. The molecule has 4 nitrogen and oxygen atoms in total. The molecule has 2 aromatic rings. The maximum absolute atomic E-state index is 13.2. The first-order valence-electron chi connectivity index (χ1n) is 8.23. The predicted molar refractivity (Wildman–Crippen MR) is 87.3 cm³/mol.